The molecule has 0 amide bonds. The van der Waals surface area contributed by atoms with Gasteiger partial charge in [0.2, 0.25) is 0 Å². The average Bonchev–Trinajstić information content (AvgIpc) is 2.63. The third-order valence-corrected chi connectivity index (χ3v) is 3.65. The molecule has 0 bridgehead atoms. The number of hydrogen-bond donors (Lipinski definition) is 0. The van der Waals surface area contributed by atoms with Crippen LogP contribution in [0.15, 0.2) is 12.2 Å². The van der Waals surface area contributed by atoms with E-state index in [2.05, 4.69) is 26.0 Å². The van der Waals surface area contributed by atoms with Crippen LogP contribution in [0.3, 0.4) is 0 Å². The van der Waals surface area contributed by atoms with E-state index in [4.69, 9.17) is 9.47 Å². The lowest BCUT2D eigenvalue weighted by molar-refractivity contribution is -0.232. The Kier molecular flexibility index (Phi) is 1.80. The van der Waals surface area contributed by atoms with Crippen LogP contribution in [-0.2, 0) is 9.47 Å². The second-order valence-electron chi connectivity index (χ2n) is 5.64. The monoisotopic (exact) mass is 194 g/mol. The molecule has 0 aromatic heterocycles. The van der Waals surface area contributed by atoms with Crippen molar-refractivity contribution in [1.82, 2.24) is 0 Å². The van der Waals surface area contributed by atoms with Gasteiger partial charge in [-0.05, 0) is 18.3 Å². The fraction of sp³-hybridized carbons (Fsp3) is 0.833. The first-order chi connectivity index (χ1) is 6.67. The number of fused-ring (bicyclic) bond motifs is 1. The van der Waals surface area contributed by atoms with Crippen molar-refractivity contribution < 1.29 is 9.47 Å². The molecule has 1 aliphatic heterocycles. The third kappa shape index (κ3) is 1.32. The molecule has 0 spiro atoms. The molecule has 3 rings (SSSR count). The van der Waals surface area contributed by atoms with Gasteiger partial charge in [-0.25, -0.2) is 0 Å². The fourth-order valence-corrected chi connectivity index (χ4v) is 2.72. The molecular formula is C12H18O2. The van der Waals surface area contributed by atoms with E-state index in [0.717, 1.165) is 25.0 Å². The van der Waals surface area contributed by atoms with Gasteiger partial charge in [-0.2, -0.15) is 0 Å². The molecule has 2 heteroatoms. The second-order valence-corrected chi connectivity index (χ2v) is 5.64. The molecule has 3 unspecified atom stereocenters. The van der Waals surface area contributed by atoms with Crippen LogP contribution in [0.1, 0.15) is 20.3 Å². The molecule has 2 nitrogen and oxygen atoms in total. The predicted octanol–water partition coefficient (Wildman–Crippen LogP) is 2.21. The zero-order chi connectivity index (χ0) is 9.76. The van der Waals surface area contributed by atoms with E-state index >= 15 is 0 Å². The molecular weight excluding hydrogens is 176 g/mol. The van der Waals surface area contributed by atoms with Crippen molar-refractivity contribution in [2.45, 2.75) is 26.6 Å². The van der Waals surface area contributed by atoms with Gasteiger partial charge in [0, 0.05) is 11.3 Å². The van der Waals surface area contributed by atoms with E-state index in [1.54, 1.807) is 0 Å². The summed E-state index contributed by atoms with van der Waals surface area (Å²) in [5.74, 6) is 2.26. The molecule has 3 atom stereocenters. The molecule has 14 heavy (non-hydrogen) atoms. The van der Waals surface area contributed by atoms with E-state index in [1.165, 1.54) is 6.42 Å². The molecule has 2 fully saturated rings. The van der Waals surface area contributed by atoms with Crippen LogP contribution in [-0.4, -0.2) is 19.5 Å². The van der Waals surface area contributed by atoms with E-state index < -0.39 is 0 Å². The summed E-state index contributed by atoms with van der Waals surface area (Å²) >= 11 is 0. The minimum atomic E-state index is 0.0861. The van der Waals surface area contributed by atoms with E-state index in [-0.39, 0.29) is 11.7 Å². The largest absolute Gasteiger partial charge is 0.352 e. The summed E-state index contributed by atoms with van der Waals surface area (Å²) < 4.78 is 11.6. The SMILES string of the molecule is CC1(C)COC(C2C3C=CCC32)OC1. The quantitative estimate of drug-likeness (QED) is 0.596. The highest BCUT2D eigenvalue weighted by Crippen LogP contribution is 2.56. The highest BCUT2D eigenvalue weighted by molar-refractivity contribution is 5.17. The summed E-state index contributed by atoms with van der Waals surface area (Å²) in [4.78, 5) is 0. The summed E-state index contributed by atoms with van der Waals surface area (Å²) in [5.41, 5.74) is 0.205. The normalized spacial score (nSPS) is 45.1. The molecule has 0 aromatic rings. The van der Waals surface area contributed by atoms with Crippen LogP contribution in [0.5, 0.6) is 0 Å². The van der Waals surface area contributed by atoms with Crippen LogP contribution < -0.4 is 0 Å². The maximum Gasteiger partial charge on any atom is 0.161 e. The molecule has 0 N–H and O–H groups in total. The molecule has 3 aliphatic rings. The van der Waals surface area contributed by atoms with Gasteiger partial charge in [0.25, 0.3) is 0 Å². The minimum absolute atomic E-state index is 0.0861. The number of allylic oxidation sites excluding steroid dienone is 2. The van der Waals surface area contributed by atoms with Gasteiger partial charge in [0.15, 0.2) is 6.29 Å². The van der Waals surface area contributed by atoms with Gasteiger partial charge in [0.1, 0.15) is 0 Å². The van der Waals surface area contributed by atoms with Crippen LogP contribution in [0.4, 0.5) is 0 Å². The Hall–Kier alpha value is -0.340. The lowest BCUT2D eigenvalue weighted by Crippen LogP contribution is -2.39. The van der Waals surface area contributed by atoms with Gasteiger partial charge in [-0.15, -0.1) is 0 Å². The Morgan fingerprint density at radius 2 is 1.93 bits per heavy atom. The number of ether oxygens (including phenoxy) is 2. The molecule has 1 saturated carbocycles. The fourth-order valence-electron chi connectivity index (χ4n) is 2.72. The highest BCUT2D eigenvalue weighted by atomic mass is 16.7. The molecule has 1 heterocycles. The van der Waals surface area contributed by atoms with Gasteiger partial charge in [-0.1, -0.05) is 26.0 Å². The first kappa shape index (κ1) is 8.93. The van der Waals surface area contributed by atoms with E-state index in [9.17, 15) is 0 Å². The van der Waals surface area contributed by atoms with Gasteiger partial charge in [0.05, 0.1) is 13.2 Å². The van der Waals surface area contributed by atoms with Gasteiger partial charge in [-0.3, -0.25) is 0 Å². The van der Waals surface area contributed by atoms with Crippen LogP contribution >= 0.6 is 0 Å². The summed E-state index contributed by atoms with van der Waals surface area (Å²) in [6.45, 7) is 6.07. The number of hydrogen-bond acceptors (Lipinski definition) is 2. The summed E-state index contributed by atoms with van der Waals surface area (Å²) in [7, 11) is 0. The zero-order valence-corrected chi connectivity index (χ0v) is 8.90. The lowest BCUT2D eigenvalue weighted by Gasteiger charge is -2.35. The van der Waals surface area contributed by atoms with Crippen LogP contribution in [0, 0.1) is 23.2 Å². The van der Waals surface area contributed by atoms with Crippen molar-refractivity contribution in [3.63, 3.8) is 0 Å². The lowest BCUT2D eigenvalue weighted by atomic mass is 9.95. The van der Waals surface area contributed by atoms with Crippen molar-refractivity contribution in [2.24, 2.45) is 23.2 Å². The second kappa shape index (κ2) is 2.83. The Labute approximate surface area is 85.3 Å². The molecule has 0 aromatic carbocycles. The predicted molar refractivity (Wildman–Crippen MR) is 53.7 cm³/mol. The van der Waals surface area contributed by atoms with Crippen molar-refractivity contribution in [3.8, 4) is 0 Å². The molecule has 1 saturated heterocycles. The average molecular weight is 194 g/mol. The van der Waals surface area contributed by atoms with E-state index in [0.29, 0.717) is 5.92 Å². The topological polar surface area (TPSA) is 18.5 Å². The van der Waals surface area contributed by atoms with Crippen LogP contribution in [0.2, 0.25) is 0 Å². The molecule has 0 radical (unpaired) electrons. The Morgan fingerprint density at radius 3 is 2.50 bits per heavy atom. The third-order valence-electron chi connectivity index (χ3n) is 3.65. The first-order valence-electron chi connectivity index (χ1n) is 5.57. The Balaban J connectivity index is 1.59. The van der Waals surface area contributed by atoms with Crippen LogP contribution in [0.25, 0.3) is 0 Å². The van der Waals surface area contributed by atoms with Crippen molar-refractivity contribution in [3.05, 3.63) is 12.2 Å². The number of rotatable bonds is 1. The highest BCUT2D eigenvalue weighted by Gasteiger charge is 2.56. The van der Waals surface area contributed by atoms with E-state index in [1.807, 2.05) is 0 Å². The summed E-state index contributed by atoms with van der Waals surface area (Å²) in [6, 6.07) is 0. The van der Waals surface area contributed by atoms with Gasteiger partial charge >= 0.3 is 0 Å². The maximum absolute atomic E-state index is 5.80. The van der Waals surface area contributed by atoms with Crippen molar-refractivity contribution in [2.75, 3.05) is 13.2 Å². The summed E-state index contributed by atoms with van der Waals surface area (Å²) in [5, 5.41) is 0. The Bertz CT molecular complexity index is 259. The molecule has 2 aliphatic carbocycles. The van der Waals surface area contributed by atoms with Crippen molar-refractivity contribution >= 4 is 0 Å². The summed E-state index contributed by atoms with van der Waals surface area (Å²) in [6.07, 6.45) is 5.95. The molecule has 78 valence electrons. The standard InChI is InChI=1S/C12H18O2/c1-12(2)6-13-11(14-7-12)10-8-4-3-5-9(8)10/h3-4,8-11H,5-7H2,1-2H3. The van der Waals surface area contributed by atoms with Crippen molar-refractivity contribution in [1.29, 1.82) is 0 Å². The Morgan fingerprint density at radius 1 is 1.21 bits per heavy atom. The smallest absolute Gasteiger partial charge is 0.161 e. The zero-order valence-electron chi connectivity index (χ0n) is 8.90. The van der Waals surface area contributed by atoms with Gasteiger partial charge < -0.3 is 9.47 Å². The first-order valence-corrected chi connectivity index (χ1v) is 5.57. The maximum atomic E-state index is 5.80. The minimum Gasteiger partial charge on any atom is -0.352 e.